The van der Waals surface area contributed by atoms with E-state index < -0.39 is 11.8 Å². The number of hydrogen-bond acceptors (Lipinski definition) is 8. The summed E-state index contributed by atoms with van der Waals surface area (Å²) in [5.74, 6) is -0.327. The van der Waals surface area contributed by atoms with Crippen molar-refractivity contribution < 1.29 is 19.8 Å². The molecule has 0 atom stereocenters. The SMILES string of the molecule is O=C1C(=Cc2ccc(O)cc2)N=C(c2ccccc2)N1C(=S)C(=S)N1C(=O)C(=Cc2ccc(O)cc2)N=C1c1ccccc1. The van der Waals surface area contributed by atoms with Gasteiger partial charge in [-0.2, -0.15) is 0 Å². The van der Waals surface area contributed by atoms with Crippen molar-refractivity contribution in [3.63, 3.8) is 0 Å². The fourth-order valence-electron chi connectivity index (χ4n) is 4.62. The van der Waals surface area contributed by atoms with E-state index in [-0.39, 0.29) is 44.5 Å². The smallest absolute Gasteiger partial charge is 0.283 e. The summed E-state index contributed by atoms with van der Waals surface area (Å²) in [6.07, 6.45) is 3.18. The summed E-state index contributed by atoms with van der Waals surface area (Å²) in [7, 11) is 0. The molecule has 0 aromatic heterocycles. The normalized spacial score (nSPS) is 16.5. The van der Waals surface area contributed by atoms with Gasteiger partial charge in [-0.25, -0.2) is 19.8 Å². The van der Waals surface area contributed by atoms with Gasteiger partial charge in [-0.15, -0.1) is 0 Å². The summed E-state index contributed by atoms with van der Waals surface area (Å²) in [5, 5.41) is 19.3. The van der Waals surface area contributed by atoms with Crippen LogP contribution in [-0.4, -0.2) is 53.5 Å². The van der Waals surface area contributed by atoms with Crippen molar-refractivity contribution in [1.82, 2.24) is 9.80 Å². The van der Waals surface area contributed by atoms with E-state index in [0.717, 1.165) is 0 Å². The summed E-state index contributed by atoms with van der Waals surface area (Å²) in [6, 6.07) is 30.8. The second-order valence-electron chi connectivity index (χ2n) is 9.74. The van der Waals surface area contributed by atoms with Crippen molar-refractivity contribution in [2.75, 3.05) is 0 Å². The van der Waals surface area contributed by atoms with Crippen molar-refractivity contribution in [1.29, 1.82) is 0 Å². The van der Waals surface area contributed by atoms with Gasteiger partial charge in [-0.1, -0.05) is 109 Å². The van der Waals surface area contributed by atoms with Crippen LogP contribution in [-0.2, 0) is 9.59 Å². The number of carbonyl (C=O) groups is 2. The Hall–Kier alpha value is -5.58. The fourth-order valence-corrected chi connectivity index (χ4v) is 5.14. The molecule has 0 spiro atoms. The minimum absolute atomic E-state index is 0.0930. The van der Waals surface area contributed by atoms with Crippen LogP contribution in [0.4, 0.5) is 0 Å². The largest absolute Gasteiger partial charge is 0.508 e. The second kappa shape index (κ2) is 12.0. The molecular weight excluding hydrogens is 593 g/mol. The number of thiocarbonyl (C=S) groups is 2. The Balaban J connectivity index is 1.39. The van der Waals surface area contributed by atoms with Crippen molar-refractivity contribution >= 4 is 70.1 Å². The predicted octanol–water partition coefficient (Wildman–Crippen LogP) is 5.71. The van der Waals surface area contributed by atoms with E-state index in [1.165, 1.54) is 34.1 Å². The van der Waals surface area contributed by atoms with E-state index >= 15 is 0 Å². The molecule has 0 fully saturated rings. The summed E-state index contributed by atoms with van der Waals surface area (Å²) in [5.41, 5.74) is 2.76. The molecule has 2 amide bonds. The first kappa shape index (κ1) is 28.5. The van der Waals surface area contributed by atoms with Crippen LogP contribution in [0.3, 0.4) is 0 Å². The van der Waals surface area contributed by atoms with Crippen LogP contribution in [0.15, 0.2) is 131 Å². The third-order valence-electron chi connectivity index (χ3n) is 6.77. The highest BCUT2D eigenvalue weighted by molar-refractivity contribution is 7.89. The lowest BCUT2D eigenvalue weighted by atomic mass is 10.1. The number of nitrogens with zero attached hydrogens (tertiary/aromatic N) is 4. The second-order valence-corrected chi connectivity index (χ2v) is 10.5. The van der Waals surface area contributed by atoms with E-state index in [9.17, 15) is 19.8 Å². The van der Waals surface area contributed by atoms with Crippen LogP contribution in [0, 0.1) is 0 Å². The molecule has 4 aromatic carbocycles. The number of benzene rings is 4. The summed E-state index contributed by atoms with van der Waals surface area (Å²) in [4.78, 5) is 39.3. The van der Waals surface area contributed by atoms with E-state index in [0.29, 0.717) is 22.3 Å². The lowest BCUT2D eigenvalue weighted by molar-refractivity contribution is -0.121. The number of carbonyl (C=O) groups excluding carboxylic acids is 2. The number of phenols is 2. The average molecular weight is 615 g/mol. The van der Waals surface area contributed by atoms with Gasteiger partial charge in [0.25, 0.3) is 11.8 Å². The molecule has 214 valence electrons. The van der Waals surface area contributed by atoms with Gasteiger partial charge < -0.3 is 10.2 Å². The Kier molecular flexibility index (Phi) is 7.76. The van der Waals surface area contributed by atoms with Crippen LogP contribution in [0.25, 0.3) is 12.2 Å². The molecule has 4 aromatic rings. The lowest BCUT2D eigenvalue weighted by Crippen LogP contribution is -2.49. The average Bonchev–Trinajstić information content (AvgIpc) is 3.55. The third-order valence-corrected chi connectivity index (χ3v) is 7.65. The fraction of sp³-hybridized carbons (Fsp3) is 0. The van der Waals surface area contributed by atoms with Gasteiger partial charge in [0.2, 0.25) is 0 Å². The molecule has 0 bridgehead atoms. The molecule has 2 N–H and O–H groups in total. The molecule has 8 nitrogen and oxygen atoms in total. The molecule has 2 heterocycles. The zero-order valence-corrected chi connectivity index (χ0v) is 24.5. The first-order chi connectivity index (χ1) is 21.3. The quantitative estimate of drug-likeness (QED) is 0.225. The van der Waals surface area contributed by atoms with E-state index in [1.54, 1.807) is 60.7 Å². The lowest BCUT2D eigenvalue weighted by Gasteiger charge is -2.25. The first-order valence-corrected chi connectivity index (χ1v) is 14.2. The van der Waals surface area contributed by atoms with Crippen LogP contribution in [0.1, 0.15) is 22.3 Å². The molecule has 2 aliphatic rings. The van der Waals surface area contributed by atoms with Crippen LogP contribution in [0.5, 0.6) is 11.5 Å². The third kappa shape index (κ3) is 5.59. The van der Waals surface area contributed by atoms with E-state index in [4.69, 9.17) is 24.4 Å². The van der Waals surface area contributed by atoms with Gasteiger partial charge in [-0.3, -0.25) is 9.59 Å². The first-order valence-electron chi connectivity index (χ1n) is 13.4. The molecule has 0 radical (unpaired) electrons. The minimum atomic E-state index is -0.519. The number of aromatic hydroxyl groups is 2. The topological polar surface area (TPSA) is 106 Å². The number of hydrogen-bond donors (Lipinski definition) is 2. The highest BCUT2D eigenvalue weighted by Crippen LogP contribution is 2.28. The maximum absolute atomic E-state index is 13.9. The predicted molar refractivity (Wildman–Crippen MR) is 177 cm³/mol. The van der Waals surface area contributed by atoms with Gasteiger partial charge in [0.1, 0.15) is 34.6 Å². The molecule has 0 aliphatic carbocycles. The van der Waals surface area contributed by atoms with Crippen molar-refractivity contribution in [2.45, 2.75) is 0 Å². The molecule has 6 rings (SSSR count). The Bertz CT molecular complexity index is 1790. The maximum atomic E-state index is 13.9. The zero-order valence-electron chi connectivity index (χ0n) is 22.9. The molecular formula is C34H22N4O4S2. The van der Waals surface area contributed by atoms with Gasteiger partial charge in [0, 0.05) is 11.1 Å². The Morgan fingerprint density at radius 3 is 1.23 bits per heavy atom. The highest BCUT2D eigenvalue weighted by atomic mass is 32.1. The number of rotatable bonds is 4. The number of amidine groups is 2. The van der Waals surface area contributed by atoms with Crippen LogP contribution in [0.2, 0.25) is 0 Å². The number of amides is 2. The Morgan fingerprint density at radius 2 is 0.886 bits per heavy atom. The van der Waals surface area contributed by atoms with Crippen molar-refractivity contribution in [3.8, 4) is 11.5 Å². The molecule has 44 heavy (non-hydrogen) atoms. The molecule has 0 saturated carbocycles. The number of phenolic OH excluding ortho intramolecular Hbond substituents is 2. The molecule has 0 saturated heterocycles. The Morgan fingerprint density at radius 1 is 0.545 bits per heavy atom. The number of aliphatic imine (C=N–C) groups is 2. The minimum Gasteiger partial charge on any atom is -0.508 e. The van der Waals surface area contributed by atoms with Crippen molar-refractivity contribution in [2.24, 2.45) is 9.98 Å². The molecule has 10 heteroatoms. The van der Waals surface area contributed by atoms with Gasteiger partial charge in [-0.05, 0) is 47.5 Å². The highest BCUT2D eigenvalue weighted by Gasteiger charge is 2.41. The van der Waals surface area contributed by atoms with Gasteiger partial charge in [0.05, 0.1) is 0 Å². The van der Waals surface area contributed by atoms with Crippen LogP contribution >= 0.6 is 24.4 Å². The van der Waals surface area contributed by atoms with E-state index in [1.807, 2.05) is 36.4 Å². The summed E-state index contributed by atoms with van der Waals surface area (Å²) < 4.78 is 0. The zero-order chi connectivity index (χ0) is 30.8. The Labute approximate surface area is 263 Å². The van der Waals surface area contributed by atoms with Crippen molar-refractivity contribution in [3.05, 3.63) is 143 Å². The van der Waals surface area contributed by atoms with E-state index in [2.05, 4.69) is 9.98 Å². The molecule has 0 unspecified atom stereocenters. The van der Waals surface area contributed by atoms with Crippen LogP contribution < -0.4 is 0 Å². The van der Waals surface area contributed by atoms with Gasteiger partial charge >= 0.3 is 0 Å². The monoisotopic (exact) mass is 614 g/mol. The standard InChI is InChI=1S/C34H22N4O4S2/c39-25-15-11-21(12-16-25)19-27-31(41)37(29(35-27)23-7-3-1-4-8-23)33(43)34(44)38-30(24-9-5-2-6-10-24)36-28(32(38)42)20-22-13-17-26(40)18-14-22/h1-20,39-40H. The molecule has 2 aliphatic heterocycles. The summed E-state index contributed by atoms with van der Waals surface area (Å²) >= 11 is 11.7. The summed E-state index contributed by atoms with van der Waals surface area (Å²) in [6.45, 7) is 0. The maximum Gasteiger partial charge on any atom is 0.283 e. The van der Waals surface area contributed by atoms with Gasteiger partial charge in [0.15, 0.2) is 9.98 Å².